The number of rotatable bonds is 5. The molecule has 23 heavy (non-hydrogen) atoms. The van der Waals surface area contributed by atoms with Crippen LogP contribution in [0, 0.1) is 0 Å². The van der Waals surface area contributed by atoms with E-state index in [2.05, 4.69) is 11.9 Å². The molecule has 0 unspecified atom stereocenters. The van der Waals surface area contributed by atoms with E-state index >= 15 is 0 Å². The van der Waals surface area contributed by atoms with Crippen molar-refractivity contribution >= 4 is 12.0 Å². The fourth-order valence-electron chi connectivity index (χ4n) is 2.80. The van der Waals surface area contributed by atoms with Gasteiger partial charge in [0.2, 0.25) is 5.91 Å². The van der Waals surface area contributed by atoms with Gasteiger partial charge in [-0.15, -0.1) is 0 Å². The summed E-state index contributed by atoms with van der Waals surface area (Å²) in [6.07, 6.45) is 5.50. The van der Waals surface area contributed by atoms with E-state index < -0.39 is 0 Å². The van der Waals surface area contributed by atoms with Crippen molar-refractivity contribution in [2.24, 2.45) is 0 Å². The minimum Gasteiger partial charge on any atom is -0.493 e. The normalized spacial score (nSPS) is 16.5. The van der Waals surface area contributed by atoms with Crippen molar-refractivity contribution in [2.45, 2.75) is 18.9 Å². The van der Waals surface area contributed by atoms with Crippen LogP contribution < -0.4 is 9.47 Å². The van der Waals surface area contributed by atoms with Gasteiger partial charge < -0.3 is 19.3 Å². The van der Waals surface area contributed by atoms with E-state index in [9.17, 15) is 4.79 Å². The number of hydrogen-bond acceptors (Lipinski definition) is 4. The molecular weight excluding hydrogens is 292 g/mol. The van der Waals surface area contributed by atoms with Gasteiger partial charge in [0.05, 0.1) is 14.2 Å². The van der Waals surface area contributed by atoms with Crippen LogP contribution in [0.15, 0.2) is 24.3 Å². The summed E-state index contributed by atoms with van der Waals surface area (Å²) >= 11 is 0. The van der Waals surface area contributed by atoms with Gasteiger partial charge in [-0.3, -0.25) is 4.79 Å². The van der Waals surface area contributed by atoms with Gasteiger partial charge in [0.15, 0.2) is 11.5 Å². The summed E-state index contributed by atoms with van der Waals surface area (Å²) in [5, 5.41) is 0. The van der Waals surface area contributed by atoms with Crippen molar-refractivity contribution in [1.29, 1.82) is 0 Å². The number of carbonyl (C=O) groups is 1. The summed E-state index contributed by atoms with van der Waals surface area (Å²) in [6.45, 7) is 2.09. The molecule has 0 saturated carbocycles. The number of hydrogen-bond donors (Lipinski definition) is 0. The molecule has 0 aliphatic carbocycles. The predicted octanol–water partition coefficient (Wildman–Crippen LogP) is 2.27. The predicted molar refractivity (Wildman–Crippen MR) is 91.9 cm³/mol. The summed E-state index contributed by atoms with van der Waals surface area (Å²) in [6, 6.07) is 5.93. The highest BCUT2D eigenvalue weighted by Gasteiger charge is 2.22. The number of nitrogens with zero attached hydrogens (tertiary/aromatic N) is 2. The third-order valence-corrected chi connectivity index (χ3v) is 4.41. The first-order valence-corrected chi connectivity index (χ1v) is 7.90. The molecule has 1 fully saturated rings. The summed E-state index contributed by atoms with van der Waals surface area (Å²) in [4.78, 5) is 16.5. The molecule has 5 heteroatoms. The minimum absolute atomic E-state index is 0.0364. The summed E-state index contributed by atoms with van der Waals surface area (Å²) in [5.74, 6) is 1.37. The monoisotopic (exact) mass is 318 g/mol. The fourth-order valence-corrected chi connectivity index (χ4v) is 2.80. The van der Waals surface area contributed by atoms with Crippen LogP contribution in [0.2, 0.25) is 0 Å². The SMILES string of the molecule is COc1ccc(/C=C/C(=O)N(C)C2CCN(C)CC2)cc1OC. The van der Waals surface area contributed by atoms with Gasteiger partial charge in [0, 0.05) is 19.2 Å². The van der Waals surface area contributed by atoms with Gasteiger partial charge in [0.1, 0.15) is 0 Å². The van der Waals surface area contributed by atoms with Crippen LogP contribution in [-0.4, -0.2) is 63.2 Å². The Bertz CT molecular complexity index is 563. The molecule has 0 N–H and O–H groups in total. The maximum Gasteiger partial charge on any atom is 0.246 e. The maximum atomic E-state index is 12.3. The molecule has 0 bridgehead atoms. The van der Waals surface area contributed by atoms with Gasteiger partial charge in [-0.05, 0) is 56.8 Å². The number of likely N-dealkylation sites (tertiary alicyclic amines) is 1. The molecule has 1 aliphatic rings. The zero-order valence-corrected chi connectivity index (χ0v) is 14.4. The van der Waals surface area contributed by atoms with Crippen LogP contribution in [-0.2, 0) is 4.79 Å². The van der Waals surface area contributed by atoms with Crippen molar-refractivity contribution in [3.63, 3.8) is 0 Å². The number of piperidine rings is 1. The molecule has 1 aromatic carbocycles. The second kappa shape index (κ2) is 8.02. The Hall–Kier alpha value is -2.01. The van der Waals surface area contributed by atoms with Crippen molar-refractivity contribution in [3.05, 3.63) is 29.8 Å². The van der Waals surface area contributed by atoms with Gasteiger partial charge in [-0.1, -0.05) is 6.07 Å². The number of ether oxygens (including phenoxy) is 2. The molecule has 1 aromatic rings. The zero-order valence-electron chi connectivity index (χ0n) is 14.4. The van der Waals surface area contributed by atoms with Crippen molar-refractivity contribution in [1.82, 2.24) is 9.80 Å². The number of methoxy groups -OCH3 is 2. The Balaban J connectivity index is 2.00. The molecule has 1 heterocycles. The molecule has 2 rings (SSSR count). The Morgan fingerprint density at radius 1 is 1.22 bits per heavy atom. The van der Waals surface area contributed by atoms with E-state index in [-0.39, 0.29) is 5.91 Å². The average molecular weight is 318 g/mol. The second-order valence-electron chi connectivity index (χ2n) is 5.93. The Morgan fingerprint density at radius 2 is 1.87 bits per heavy atom. The zero-order chi connectivity index (χ0) is 16.8. The third kappa shape index (κ3) is 4.48. The highest BCUT2D eigenvalue weighted by atomic mass is 16.5. The number of carbonyl (C=O) groups excluding carboxylic acids is 1. The number of likely N-dealkylation sites (N-methyl/N-ethyl adjacent to an activating group) is 1. The van der Waals surface area contributed by atoms with Crippen molar-refractivity contribution in [3.8, 4) is 11.5 Å². The fraction of sp³-hybridized carbons (Fsp3) is 0.500. The van der Waals surface area contributed by atoms with Crippen LogP contribution in [0.5, 0.6) is 11.5 Å². The maximum absolute atomic E-state index is 12.3. The number of benzene rings is 1. The summed E-state index contributed by atoms with van der Waals surface area (Å²) in [7, 11) is 7.21. The van der Waals surface area contributed by atoms with E-state index in [0.717, 1.165) is 31.5 Å². The largest absolute Gasteiger partial charge is 0.493 e. The van der Waals surface area contributed by atoms with Gasteiger partial charge >= 0.3 is 0 Å². The molecule has 0 atom stereocenters. The van der Waals surface area contributed by atoms with Crippen LogP contribution in [0.25, 0.3) is 6.08 Å². The minimum atomic E-state index is 0.0364. The standard InChI is InChI=1S/C18H26N2O3/c1-19-11-9-15(10-12-19)20(2)18(21)8-6-14-5-7-16(22-3)17(13-14)23-4/h5-8,13,15H,9-12H2,1-4H3/b8-6+. The summed E-state index contributed by atoms with van der Waals surface area (Å²) < 4.78 is 10.5. The third-order valence-electron chi connectivity index (χ3n) is 4.41. The van der Waals surface area contributed by atoms with E-state index in [1.54, 1.807) is 20.3 Å². The number of amides is 1. The molecular formula is C18H26N2O3. The first kappa shape index (κ1) is 17.3. The van der Waals surface area contributed by atoms with Gasteiger partial charge in [0.25, 0.3) is 0 Å². The molecule has 1 aliphatic heterocycles. The quantitative estimate of drug-likeness (QED) is 0.781. The lowest BCUT2D eigenvalue weighted by molar-refractivity contribution is -0.127. The molecule has 0 spiro atoms. The van der Waals surface area contributed by atoms with E-state index in [1.165, 1.54) is 0 Å². The topological polar surface area (TPSA) is 42.0 Å². The Labute approximate surface area is 138 Å². The smallest absolute Gasteiger partial charge is 0.246 e. The van der Waals surface area contributed by atoms with E-state index in [4.69, 9.17) is 9.47 Å². The first-order chi connectivity index (χ1) is 11.0. The summed E-state index contributed by atoms with van der Waals surface area (Å²) in [5.41, 5.74) is 0.910. The molecule has 0 radical (unpaired) electrons. The van der Waals surface area contributed by atoms with Crippen LogP contribution in [0.4, 0.5) is 0 Å². The average Bonchev–Trinajstić information content (AvgIpc) is 2.59. The second-order valence-corrected chi connectivity index (χ2v) is 5.93. The van der Waals surface area contributed by atoms with Crippen LogP contribution in [0.3, 0.4) is 0 Å². The first-order valence-electron chi connectivity index (χ1n) is 7.90. The van der Waals surface area contributed by atoms with Crippen molar-refractivity contribution < 1.29 is 14.3 Å². The van der Waals surface area contributed by atoms with E-state index in [0.29, 0.717) is 17.5 Å². The highest BCUT2D eigenvalue weighted by molar-refractivity contribution is 5.91. The molecule has 126 valence electrons. The molecule has 0 aromatic heterocycles. The lowest BCUT2D eigenvalue weighted by atomic mass is 10.0. The Morgan fingerprint density at radius 3 is 2.48 bits per heavy atom. The molecule has 1 amide bonds. The lowest BCUT2D eigenvalue weighted by Gasteiger charge is -2.34. The van der Waals surface area contributed by atoms with Crippen LogP contribution in [0.1, 0.15) is 18.4 Å². The molecule has 1 saturated heterocycles. The van der Waals surface area contributed by atoms with Gasteiger partial charge in [-0.2, -0.15) is 0 Å². The highest BCUT2D eigenvalue weighted by Crippen LogP contribution is 2.28. The Kier molecular flexibility index (Phi) is 6.04. The van der Waals surface area contributed by atoms with Gasteiger partial charge in [-0.25, -0.2) is 0 Å². The lowest BCUT2D eigenvalue weighted by Crippen LogP contribution is -2.43. The van der Waals surface area contributed by atoms with Crippen molar-refractivity contribution in [2.75, 3.05) is 41.4 Å². The molecule has 5 nitrogen and oxygen atoms in total. The van der Waals surface area contributed by atoms with E-state index in [1.807, 2.05) is 36.2 Å². The van der Waals surface area contributed by atoms with Crippen LogP contribution >= 0.6 is 0 Å².